The molecule has 27 heavy (non-hydrogen) atoms. The number of anilines is 1. The number of nitrogens with zero attached hydrogens (tertiary/aromatic N) is 5. The minimum atomic E-state index is -0.917. The third kappa shape index (κ3) is 3.31. The monoisotopic (exact) mass is 368 g/mol. The van der Waals surface area contributed by atoms with Crippen molar-refractivity contribution in [2.45, 2.75) is 0 Å². The number of piperazine rings is 1. The van der Waals surface area contributed by atoms with Crippen molar-refractivity contribution in [3.8, 4) is 22.5 Å². The topological polar surface area (TPSA) is 98.2 Å². The largest absolute Gasteiger partial charge is 0.465 e. The molecule has 4 rings (SSSR count). The van der Waals surface area contributed by atoms with Gasteiger partial charge in [-0.25, -0.2) is 19.2 Å². The van der Waals surface area contributed by atoms with Crippen molar-refractivity contribution in [1.82, 2.24) is 25.1 Å². The lowest BCUT2D eigenvalue weighted by molar-refractivity contribution is 0.142. The molecule has 9 heteroatoms. The van der Waals surface area contributed by atoms with Gasteiger partial charge in [0, 0.05) is 37.9 Å². The fourth-order valence-corrected chi connectivity index (χ4v) is 3.18. The second-order valence-corrected chi connectivity index (χ2v) is 6.16. The van der Waals surface area contributed by atoms with Gasteiger partial charge >= 0.3 is 6.09 Å². The van der Waals surface area contributed by atoms with Crippen LogP contribution in [0.1, 0.15) is 0 Å². The van der Waals surface area contributed by atoms with Gasteiger partial charge in [-0.3, -0.25) is 5.10 Å². The number of hydrogen-bond acceptors (Lipinski definition) is 5. The number of rotatable bonds is 3. The maximum Gasteiger partial charge on any atom is 0.407 e. The highest BCUT2D eigenvalue weighted by atomic mass is 19.1. The number of amides is 1. The summed E-state index contributed by atoms with van der Waals surface area (Å²) in [4.78, 5) is 22.9. The van der Waals surface area contributed by atoms with Crippen molar-refractivity contribution in [3.05, 3.63) is 48.7 Å². The van der Waals surface area contributed by atoms with Crippen molar-refractivity contribution in [1.29, 1.82) is 0 Å². The van der Waals surface area contributed by atoms with Gasteiger partial charge in [0.1, 0.15) is 12.1 Å². The molecule has 1 saturated heterocycles. The van der Waals surface area contributed by atoms with E-state index in [1.165, 1.54) is 23.4 Å². The molecule has 1 aliphatic rings. The van der Waals surface area contributed by atoms with E-state index in [2.05, 4.69) is 20.2 Å². The maximum absolute atomic E-state index is 13.3. The summed E-state index contributed by atoms with van der Waals surface area (Å²) < 4.78 is 13.3. The fraction of sp³-hybridized carbons (Fsp3) is 0.222. The molecule has 0 unspecified atom stereocenters. The van der Waals surface area contributed by atoms with Gasteiger partial charge in [0.15, 0.2) is 5.82 Å². The van der Waals surface area contributed by atoms with Crippen LogP contribution in [0.3, 0.4) is 0 Å². The van der Waals surface area contributed by atoms with Crippen LogP contribution in [0.4, 0.5) is 15.0 Å². The number of carbonyl (C=O) groups is 1. The summed E-state index contributed by atoms with van der Waals surface area (Å²) >= 11 is 0. The van der Waals surface area contributed by atoms with Gasteiger partial charge in [0.25, 0.3) is 0 Å². The zero-order valence-electron chi connectivity index (χ0n) is 14.3. The Morgan fingerprint density at radius 3 is 2.48 bits per heavy atom. The molecule has 3 aromatic rings. The summed E-state index contributed by atoms with van der Waals surface area (Å²) in [7, 11) is 0. The average molecular weight is 368 g/mol. The normalized spacial score (nSPS) is 14.4. The molecule has 1 fully saturated rings. The van der Waals surface area contributed by atoms with E-state index in [1.54, 1.807) is 24.4 Å². The van der Waals surface area contributed by atoms with Gasteiger partial charge in [0.2, 0.25) is 0 Å². The lowest BCUT2D eigenvalue weighted by Crippen LogP contribution is -2.48. The number of nitrogens with one attached hydrogen (secondary N) is 1. The molecule has 138 valence electrons. The number of carboxylic acid groups (broad SMARTS) is 1. The first-order valence-electron chi connectivity index (χ1n) is 8.47. The Bertz CT molecular complexity index is 936. The molecular weight excluding hydrogens is 351 g/mol. The quantitative estimate of drug-likeness (QED) is 0.737. The van der Waals surface area contributed by atoms with Crippen LogP contribution in [0.25, 0.3) is 22.5 Å². The molecule has 0 radical (unpaired) electrons. The summed E-state index contributed by atoms with van der Waals surface area (Å²) in [6.07, 6.45) is 2.19. The molecule has 1 aromatic carbocycles. The first-order valence-corrected chi connectivity index (χ1v) is 8.47. The van der Waals surface area contributed by atoms with Crippen LogP contribution < -0.4 is 4.90 Å². The molecular formula is C18H17FN6O2. The first-order chi connectivity index (χ1) is 13.1. The lowest BCUT2D eigenvalue weighted by atomic mass is 10.0. The van der Waals surface area contributed by atoms with Crippen LogP contribution in [-0.4, -0.2) is 62.4 Å². The minimum absolute atomic E-state index is 0.313. The Morgan fingerprint density at radius 2 is 1.85 bits per heavy atom. The Balaban J connectivity index is 1.74. The highest BCUT2D eigenvalue weighted by Crippen LogP contribution is 2.37. The van der Waals surface area contributed by atoms with E-state index in [-0.39, 0.29) is 5.82 Å². The van der Waals surface area contributed by atoms with Gasteiger partial charge < -0.3 is 14.9 Å². The van der Waals surface area contributed by atoms with Crippen molar-refractivity contribution in [3.63, 3.8) is 0 Å². The SMILES string of the molecule is O=C(O)N1CCN(c2n[nH]c(-c3ccc(F)cc3)c2-c2ccncn2)CC1. The molecule has 0 bridgehead atoms. The molecule has 0 atom stereocenters. The van der Waals surface area contributed by atoms with E-state index in [0.29, 0.717) is 37.7 Å². The highest BCUT2D eigenvalue weighted by molar-refractivity contribution is 5.87. The van der Waals surface area contributed by atoms with E-state index in [9.17, 15) is 9.18 Å². The molecule has 2 aromatic heterocycles. The molecule has 8 nitrogen and oxygen atoms in total. The molecule has 0 saturated carbocycles. The van der Waals surface area contributed by atoms with E-state index >= 15 is 0 Å². The van der Waals surface area contributed by atoms with E-state index < -0.39 is 6.09 Å². The van der Waals surface area contributed by atoms with Gasteiger partial charge in [-0.1, -0.05) is 0 Å². The minimum Gasteiger partial charge on any atom is -0.465 e. The smallest absolute Gasteiger partial charge is 0.407 e. The van der Waals surface area contributed by atoms with Crippen molar-refractivity contribution in [2.75, 3.05) is 31.1 Å². The van der Waals surface area contributed by atoms with E-state index in [1.807, 2.05) is 4.90 Å². The third-order valence-electron chi connectivity index (χ3n) is 4.57. The molecule has 1 amide bonds. The standard InChI is InChI=1S/C18H17FN6O2/c19-13-3-1-12(2-4-13)16-15(14-5-6-20-11-21-14)17(23-22-16)24-7-9-25(10-8-24)18(26)27/h1-6,11H,7-10H2,(H,22,23)(H,26,27). The summed E-state index contributed by atoms with van der Waals surface area (Å²) in [5.74, 6) is 0.380. The van der Waals surface area contributed by atoms with Crippen molar-refractivity contribution < 1.29 is 14.3 Å². The van der Waals surface area contributed by atoms with Gasteiger partial charge in [-0.05, 0) is 30.3 Å². The van der Waals surface area contributed by atoms with Gasteiger partial charge in [0.05, 0.1) is 17.0 Å². The zero-order chi connectivity index (χ0) is 18.8. The molecule has 1 aliphatic heterocycles. The van der Waals surface area contributed by atoms with Gasteiger partial charge in [-0.2, -0.15) is 5.10 Å². The lowest BCUT2D eigenvalue weighted by Gasteiger charge is -2.33. The number of aromatic amines is 1. The number of benzene rings is 1. The predicted octanol–water partition coefficient (Wildman–Crippen LogP) is 2.47. The summed E-state index contributed by atoms with van der Waals surface area (Å²) in [6, 6.07) is 7.94. The Hall–Kier alpha value is -3.49. The highest BCUT2D eigenvalue weighted by Gasteiger charge is 2.26. The fourth-order valence-electron chi connectivity index (χ4n) is 3.18. The number of aromatic nitrogens is 4. The number of halogens is 1. The van der Waals surface area contributed by atoms with Crippen LogP contribution in [-0.2, 0) is 0 Å². The number of H-pyrrole nitrogens is 1. The molecule has 2 N–H and O–H groups in total. The van der Waals surface area contributed by atoms with Crippen LogP contribution in [0, 0.1) is 5.82 Å². The first kappa shape index (κ1) is 17.0. The van der Waals surface area contributed by atoms with Gasteiger partial charge in [-0.15, -0.1) is 0 Å². The van der Waals surface area contributed by atoms with Crippen molar-refractivity contribution in [2.24, 2.45) is 0 Å². The number of hydrogen-bond donors (Lipinski definition) is 2. The molecule has 0 spiro atoms. The average Bonchev–Trinajstić information content (AvgIpc) is 3.14. The summed E-state index contributed by atoms with van der Waals surface area (Å²) in [5, 5.41) is 16.6. The van der Waals surface area contributed by atoms with Crippen LogP contribution >= 0.6 is 0 Å². The zero-order valence-corrected chi connectivity index (χ0v) is 14.3. The van der Waals surface area contributed by atoms with Crippen LogP contribution in [0.2, 0.25) is 0 Å². The predicted molar refractivity (Wildman–Crippen MR) is 96.8 cm³/mol. The Kier molecular flexibility index (Phi) is 4.41. The Labute approximate surface area is 154 Å². The van der Waals surface area contributed by atoms with E-state index in [4.69, 9.17) is 5.11 Å². The summed E-state index contributed by atoms with van der Waals surface area (Å²) in [5.41, 5.74) is 2.99. The molecule has 3 heterocycles. The second kappa shape index (κ2) is 7.02. The van der Waals surface area contributed by atoms with Crippen LogP contribution in [0.15, 0.2) is 42.9 Å². The summed E-state index contributed by atoms with van der Waals surface area (Å²) in [6.45, 7) is 1.85. The Morgan fingerprint density at radius 1 is 1.11 bits per heavy atom. The molecule has 0 aliphatic carbocycles. The van der Waals surface area contributed by atoms with Crippen molar-refractivity contribution >= 4 is 11.9 Å². The van der Waals surface area contributed by atoms with Crippen LogP contribution in [0.5, 0.6) is 0 Å². The maximum atomic E-state index is 13.3. The second-order valence-electron chi connectivity index (χ2n) is 6.16. The van der Waals surface area contributed by atoms with E-state index in [0.717, 1.165) is 16.8 Å². The third-order valence-corrected chi connectivity index (χ3v) is 4.57.